The van der Waals surface area contributed by atoms with Crippen molar-refractivity contribution >= 4 is 5.82 Å². The van der Waals surface area contributed by atoms with E-state index in [2.05, 4.69) is 44.8 Å². The quantitative estimate of drug-likeness (QED) is 0.890. The second kappa shape index (κ2) is 6.68. The molecule has 2 aliphatic rings. The van der Waals surface area contributed by atoms with Crippen LogP contribution in [0.4, 0.5) is 5.82 Å². The second-order valence-electron chi connectivity index (χ2n) is 5.77. The molecular formula is C16H23N5O. The Bertz CT molecular complexity index is 545. The van der Waals surface area contributed by atoms with E-state index in [9.17, 15) is 0 Å². The van der Waals surface area contributed by atoms with Gasteiger partial charge in [0.2, 0.25) is 0 Å². The Labute approximate surface area is 131 Å². The molecule has 0 bridgehead atoms. The minimum Gasteiger partial charge on any atom is -0.488 e. The molecule has 1 aromatic heterocycles. The fourth-order valence-corrected chi connectivity index (χ4v) is 2.74. The van der Waals surface area contributed by atoms with Gasteiger partial charge in [-0.25, -0.2) is 4.98 Å². The average molecular weight is 301 g/mol. The van der Waals surface area contributed by atoms with Crippen LogP contribution in [0.2, 0.25) is 0 Å². The van der Waals surface area contributed by atoms with Crippen LogP contribution in [0, 0.1) is 0 Å². The van der Waals surface area contributed by atoms with Gasteiger partial charge in [0, 0.05) is 44.8 Å². The number of nitrogens with one attached hydrogen (secondary N) is 1. The third-order valence-corrected chi connectivity index (χ3v) is 3.91. The number of rotatable bonds is 2. The summed E-state index contributed by atoms with van der Waals surface area (Å²) in [6, 6.07) is 0.320. The van der Waals surface area contributed by atoms with E-state index in [4.69, 9.17) is 4.74 Å². The molecule has 0 amide bonds. The standard InChI is InChI=1S/C16H23N5O/c1-13-12-22-15(14(2)19-13)11-20-6-3-7-21(9-8-20)16-10-17-4-5-18-16/h4-5,10-11,13,19H,2-3,6-9,12H2,1H3/b15-11-/t13-/m0/s1. The number of hydrogen-bond acceptors (Lipinski definition) is 6. The molecule has 1 aromatic rings. The van der Waals surface area contributed by atoms with Gasteiger partial charge in [-0.1, -0.05) is 6.58 Å². The Morgan fingerprint density at radius 3 is 3.00 bits per heavy atom. The van der Waals surface area contributed by atoms with E-state index in [1.807, 2.05) is 6.20 Å². The maximum Gasteiger partial charge on any atom is 0.157 e. The van der Waals surface area contributed by atoms with E-state index < -0.39 is 0 Å². The van der Waals surface area contributed by atoms with Gasteiger partial charge in [0.25, 0.3) is 0 Å². The van der Waals surface area contributed by atoms with Crippen LogP contribution < -0.4 is 10.2 Å². The topological polar surface area (TPSA) is 53.5 Å². The summed E-state index contributed by atoms with van der Waals surface area (Å²) >= 11 is 0. The molecule has 3 rings (SSSR count). The lowest BCUT2D eigenvalue weighted by Crippen LogP contribution is -2.36. The maximum atomic E-state index is 5.78. The summed E-state index contributed by atoms with van der Waals surface area (Å²) in [5, 5.41) is 3.33. The van der Waals surface area contributed by atoms with E-state index >= 15 is 0 Å². The zero-order valence-electron chi connectivity index (χ0n) is 13.0. The monoisotopic (exact) mass is 301 g/mol. The number of aromatic nitrogens is 2. The summed E-state index contributed by atoms with van der Waals surface area (Å²) in [6.07, 6.45) is 8.44. The molecule has 0 unspecified atom stereocenters. The van der Waals surface area contributed by atoms with Crippen LogP contribution in [-0.2, 0) is 4.74 Å². The predicted molar refractivity (Wildman–Crippen MR) is 86.2 cm³/mol. The number of nitrogens with zero attached hydrogens (tertiary/aromatic N) is 4. The first-order chi connectivity index (χ1) is 10.7. The van der Waals surface area contributed by atoms with Crippen LogP contribution in [0.1, 0.15) is 13.3 Å². The molecule has 3 heterocycles. The Kier molecular flexibility index (Phi) is 4.46. The van der Waals surface area contributed by atoms with Crippen LogP contribution in [0.5, 0.6) is 0 Å². The van der Waals surface area contributed by atoms with E-state index in [-0.39, 0.29) is 0 Å². The lowest BCUT2D eigenvalue weighted by molar-refractivity contribution is 0.159. The Hall–Kier alpha value is -2.24. The summed E-state index contributed by atoms with van der Waals surface area (Å²) in [5.41, 5.74) is 0.869. The maximum absolute atomic E-state index is 5.78. The summed E-state index contributed by atoms with van der Waals surface area (Å²) in [5.74, 6) is 1.80. The van der Waals surface area contributed by atoms with Gasteiger partial charge in [-0.05, 0) is 13.3 Å². The summed E-state index contributed by atoms with van der Waals surface area (Å²) in [7, 11) is 0. The fraction of sp³-hybridized carbons (Fsp3) is 0.500. The average Bonchev–Trinajstić information content (AvgIpc) is 2.77. The minimum absolute atomic E-state index is 0.320. The smallest absolute Gasteiger partial charge is 0.157 e. The molecule has 1 atom stereocenters. The van der Waals surface area contributed by atoms with Crippen LogP contribution in [0.25, 0.3) is 0 Å². The number of anilines is 1. The first-order valence-corrected chi connectivity index (χ1v) is 7.78. The van der Waals surface area contributed by atoms with Gasteiger partial charge < -0.3 is 19.9 Å². The highest BCUT2D eigenvalue weighted by molar-refractivity contribution is 5.35. The second-order valence-corrected chi connectivity index (χ2v) is 5.77. The third kappa shape index (κ3) is 3.50. The first kappa shape index (κ1) is 14.7. The van der Waals surface area contributed by atoms with Crippen molar-refractivity contribution in [1.29, 1.82) is 0 Å². The van der Waals surface area contributed by atoms with E-state index in [1.165, 1.54) is 0 Å². The predicted octanol–water partition coefficient (Wildman–Crippen LogP) is 1.35. The van der Waals surface area contributed by atoms with Gasteiger partial charge in [0.15, 0.2) is 5.76 Å². The molecule has 0 radical (unpaired) electrons. The molecule has 0 spiro atoms. The van der Waals surface area contributed by atoms with Crippen molar-refractivity contribution in [1.82, 2.24) is 20.2 Å². The number of hydrogen-bond donors (Lipinski definition) is 1. The van der Waals surface area contributed by atoms with Gasteiger partial charge in [-0.2, -0.15) is 0 Å². The number of ether oxygens (including phenoxy) is 1. The molecule has 118 valence electrons. The van der Waals surface area contributed by atoms with Gasteiger partial charge in [-0.15, -0.1) is 0 Å². The molecule has 2 aliphatic heterocycles. The molecule has 6 heteroatoms. The Balaban J connectivity index is 1.62. The summed E-state index contributed by atoms with van der Waals surface area (Å²) in [6.45, 7) is 10.7. The van der Waals surface area contributed by atoms with Crippen LogP contribution in [0.15, 0.2) is 42.8 Å². The van der Waals surface area contributed by atoms with E-state index in [0.29, 0.717) is 12.6 Å². The summed E-state index contributed by atoms with van der Waals surface area (Å²) < 4.78 is 5.78. The van der Waals surface area contributed by atoms with Crippen LogP contribution in [-0.4, -0.2) is 53.7 Å². The SMILES string of the molecule is C=C1N[C@@H](C)CO/C1=C\N1CCCN(c2cnccn2)CC1. The lowest BCUT2D eigenvalue weighted by atomic mass is 10.2. The van der Waals surface area contributed by atoms with Crippen molar-refractivity contribution in [2.45, 2.75) is 19.4 Å². The van der Waals surface area contributed by atoms with Crippen molar-refractivity contribution in [3.05, 3.63) is 42.8 Å². The molecule has 1 N–H and O–H groups in total. The van der Waals surface area contributed by atoms with Gasteiger partial charge in [0.1, 0.15) is 12.4 Å². The van der Waals surface area contributed by atoms with E-state index in [1.54, 1.807) is 12.4 Å². The third-order valence-electron chi connectivity index (χ3n) is 3.91. The molecule has 2 saturated heterocycles. The van der Waals surface area contributed by atoms with E-state index in [0.717, 1.165) is 49.9 Å². The number of morpholine rings is 1. The zero-order valence-corrected chi connectivity index (χ0v) is 13.0. The van der Waals surface area contributed by atoms with Crippen molar-refractivity contribution in [3.8, 4) is 0 Å². The highest BCUT2D eigenvalue weighted by Crippen LogP contribution is 2.17. The Morgan fingerprint density at radius 2 is 2.23 bits per heavy atom. The molecule has 0 saturated carbocycles. The molecular weight excluding hydrogens is 278 g/mol. The van der Waals surface area contributed by atoms with Crippen LogP contribution in [0.3, 0.4) is 0 Å². The molecule has 0 aromatic carbocycles. The highest BCUT2D eigenvalue weighted by atomic mass is 16.5. The molecule has 2 fully saturated rings. The summed E-state index contributed by atoms with van der Waals surface area (Å²) in [4.78, 5) is 13.1. The van der Waals surface area contributed by atoms with Gasteiger partial charge >= 0.3 is 0 Å². The van der Waals surface area contributed by atoms with Gasteiger partial charge in [0.05, 0.1) is 17.9 Å². The molecule has 22 heavy (non-hydrogen) atoms. The largest absolute Gasteiger partial charge is 0.488 e. The first-order valence-electron chi connectivity index (χ1n) is 7.78. The Morgan fingerprint density at radius 1 is 1.32 bits per heavy atom. The normalized spacial score (nSPS) is 24.7. The van der Waals surface area contributed by atoms with Crippen molar-refractivity contribution < 1.29 is 4.74 Å². The lowest BCUT2D eigenvalue weighted by Gasteiger charge is -2.28. The minimum atomic E-state index is 0.320. The molecule has 0 aliphatic carbocycles. The zero-order chi connectivity index (χ0) is 15.4. The van der Waals surface area contributed by atoms with Crippen molar-refractivity contribution in [3.63, 3.8) is 0 Å². The molecule has 6 nitrogen and oxygen atoms in total. The van der Waals surface area contributed by atoms with Crippen molar-refractivity contribution in [2.75, 3.05) is 37.7 Å². The fourth-order valence-electron chi connectivity index (χ4n) is 2.74. The van der Waals surface area contributed by atoms with Crippen molar-refractivity contribution in [2.24, 2.45) is 0 Å². The van der Waals surface area contributed by atoms with Gasteiger partial charge in [-0.3, -0.25) is 4.98 Å². The highest BCUT2D eigenvalue weighted by Gasteiger charge is 2.19. The van der Waals surface area contributed by atoms with Crippen LogP contribution >= 0.6 is 0 Å².